The van der Waals surface area contributed by atoms with Gasteiger partial charge in [-0.3, -0.25) is 0 Å². The van der Waals surface area contributed by atoms with Crippen LogP contribution in [0.15, 0.2) is 6.33 Å². The molecule has 0 aromatic carbocycles. The summed E-state index contributed by atoms with van der Waals surface area (Å²) in [5, 5.41) is 3.30. The Hall–Kier alpha value is -1.96. The quantitative estimate of drug-likeness (QED) is 0.864. The lowest BCUT2D eigenvalue weighted by molar-refractivity contribution is 0.380. The summed E-state index contributed by atoms with van der Waals surface area (Å²) in [6.45, 7) is 3.28. The van der Waals surface area contributed by atoms with E-state index in [1.165, 1.54) is 7.11 Å². The van der Waals surface area contributed by atoms with Crippen molar-refractivity contribution in [2.45, 2.75) is 6.54 Å². The van der Waals surface area contributed by atoms with Crippen molar-refractivity contribution in [1.82, 2.24) is 24.8 Å². The number of nitrogens with one attached hydrogen (secondary N) is 1. The maximum Gasteiger partial charge on any atom is 0.320 e. The van der Waals surface area contributed by atoms with Crippen LogP contribution in [0.1, 0.15) is 0 Å². The molecule has 0 amide bonds. The first-order chi connectivity index (χ1) is 9.83. The van der Waals surface area contributed by atoms with E-state index in [1.807, 2.05) is 0 Å². The Morgan fingerprint density at radius 2 is 2.15 bits per heavy atom. The van der Waals surface area contributed by atoms with Crippen LogP contribution in [0.2, 0.25) is 0 Å². The highest BCUT2D eigenvalue weighted by atomic mass is 19.1. The van der Waals surface area contributed by atoms with Crippen LogP contribution in [0.3, 0.4) is 0 Å². The van der Waals surface area contributed by atoms with Gasteiger partial charge in [-0.15, -0.1) is 0 Å². The summed E-state index contributed by atoms with van der Waals surface area (Å²) in [6.07, 6.45) is 1.60. The Kier molecular flexibility index (Phi) is 3.64. The van der Waals surface area contributed by atoms with Crippen molar-refractivity contribution in [2.75, 3.05) is 44.9 Å². The van der Waals surface area contributed by atoms with Gasteiger partial charge in [0, 0.05) is 26.2 Å². The zero-order valence-electron chi connectivity index (χ0n) is 11.3. The summed E-state index contributed by atoms with van der Waals surface area (Å²) in [6, 6.07) is 0.284. The normalized spacial score (nSPS) is 15.8. The average Bonchev–Trinajstić information content (AvgIpc) is 2.91. The Labute approximate surface area is 115 Å². The van der Waals surface area contributed by atoms with E-state index in [-0.39, 0.29) is 12.6 Å². The molecule has 0 bridgehead atoms. The molecule has 20 heavy (non-hydrogen) atoms. The van der Waals surface area contributed by atoms with E-state index < -0.39 is 6.67 Å². The number of hydrogen-bond acceptors (Lipinski definition) is 6. The molecule has 1 aliphatic rings. The fourth-order valence-corrected chi connectivity index (χ4v) is 2.35. The number of nitrogens with zero attached hydrogens (tertiary/aromatic N) is 5. The number of aryl methyl sites for hydroxylation is 1. The van der Waals surface area contributed by atoms with Crippen molar-refractivity contribution in [1.29, 1.82) is 0 Å². The van der Waals surface area contributed by atoms with Crippen LogP contribution >= 0.6 is 0 Å². The van der Waals surface area contributed by atoms with Crippen molar-refractivity contribution in [2.24, 2.45) is 0 Å². The van der Waals surface area contributed by atoms with Crippen LogP contribution < -0.4 is 15.0 Å². The molecule has 1 fully saturated rings. The fraction of sp³-hybridized carbons (Fsp3) is 0.583. The van der Waals surface area contributed by atoms with Crippen molar-refractivity contribution in [3.05, 3.63) is 6.33 Å². The number of methoxy groups -OCH3 is 1. The number of rotatable bonds is 4. The standard InChI is InChI=1S/C12H17FN6O/c1-20-12-16-10(18-6-3-14-4-7-18)9-11(17-12)19(5-2-13)8-15-9/h8,14H,2-7H2,1H3. The average molecular weight is 280 g/mol. The monoisotopic (exact) mass is 280 g/mol. The first-order valence-electron chi connectivity index (χ1n) is 6.62. The molecular weight excluding hydrogens is 263 g/mol. The molecule has 3 heterocycles. The van der Waals surface area contributed by atoms with Gasteiger partial charge in [-0.1, -0.05) is 0 Å². The molecule has 2 aromatic heterocycles. The Balaban J connectivity index is 2.09. The predicted octanol–water partition coefficient (Wildman–Crippen LogP) is 0.214. The molecule has 0 atom stereocenters. The molecule has 108 valence electrons. The van der Waals surface area contributed by atoms with Crippen LogP contribution in [0, 0.1) is 0 Å². The molecule has 8 heteroatoms. The zero-order chi connectivity index (χ0) is 13.9. The van der Waals surface area contributed by atoms with Gasteiger partial charge in [0.2, 0.25) is 0 Å². The lowest BCUT2D eigenvalue weighted by Gasteiger charge is -2.28. The summed E-state index contributed by atoms with van der Waals surface area (Å²) in [7, 11) is 1.53. The van der Waals surface area contributed by atoms with Crippen LogP contribution in [0.4, 0.5) is 10.2 Å². The summed E-state index contributed by atoms with van der Waals surface area (Å²) < 4.78 is 19.4. The third-order valence-electron chi connectivity index (χ3n) is 3.35. The minimum absolute atomic E-state index is 0.234. The van der Waals surface area contributed by atoms with Gasteiger partial charge >= 0.3 is 6.01 Å². The molecule has 0 radical (unpaired) electrons. The molecule has 1 saturated heterocycles. The fourth-order valence-electron chi connectivity index (χ4n) is 2.35. The van der Waals surface area contributed by atoms with E-state index in [9.17, 15) is 4.39 Å². The van der Waals surface area contributed by atoms with Crippen molar-refractivity contribution in [3.8, 4) is 6.01 Å². The largest absolute Gasteiger partial charge is 0.467 e. The van der Waals surface area contributed by atoms with Crippen LogP contribution in [0.5, 0.6) is 6.01 Å². The van der Waals surface area contributed by atoms with E-state index in [1.54, 1.807) is 10.9 Å². The van der Waals surface area contributed by atoms with E-state index in [4.69, 9.17) is 4.74 Å². The number of ether oxygens (including phenoxy) is 1. The Morgan fingerprint density at radius 3 is 2.85 bits per heavy atom. The lowest BCUT2D eigenvalue weighted by atomic mass is 10.3. The van der Waals surface area contributed by atoms with Crippen LogP contribution in [0.25, 0.3) is 11.2 Å². The second-order valence-corrected chi connectivity index (χ2v) is 4.57. The van der Waals surface area contributed by atoms with Gasteiger partial charge in [-0.05, 0) is 0 Å². The van der Waals surface area contributed by atoms with Gasteiger partial charge in [0.15, 0.2) is 17.0 Å². The van der Waals surface area contributed by atoms with Gasteiger partial charge in [-0.2, -0.15) is 9.97 Å². The third-order valence-corrected chi connectivity index (χ3v) is 3.35. The highest BCUT2D eigenvalue weighted by Crippen LogP contribution is 2.25. The van der Waals surface area contributed by atoms with Gasteiger partial charge < -0.3 is 19.5 Å². The Bertz CT molecular complexity index is 595. The molecule has 1 aliphatic heterocycles. The second kappa shape index (κ2) is 5.58. The number of hydrogen-bond donors (Lipinski definition) is 1. The summed E-state index contributed by atoms with van der Waals surface area (Å²) >= 11 is 0. The van der Waals surface area contributed by atoms with E-state index in [0.29, 0.717) is 11.2 Å². The van der Waals surface area contributed by atoms with Gasteiger partial charge in [0.1, 0.15) is 6.67 Å². The Morgan fingerprint density at radius 1 is 1.35 bits per heavy atom. The van der Waals surface area contributed by atoms with E-state index in [0.717, 1.165) is 32.0 Å². The summed E-state index contributed by atoms with van der Waals surface area (Å²) in [4.78, 5) is 15.2. The number of piperazine rings is 1. The molecule has 7 nitrogen and oxygen atoms in total. The number of halogens is 1. The first-order valence-corrected chi connectivity index (χ1v) is 6.62. The predicted molar refractivity (Wildman–Crippen MR) is 72.9 cm³/mol. The van der Waals surface area contributed by atoms with Crippen molar-refractivity contribution in [3.63, 3.8) is 0 Å². The first kappa shape index (κ1) is 13.0. The van der Waals surface area contributed by atoms with Crippen LogP contribution in [-0.4, -0.2) is 59.5 Å². The SMILES string of the molecule is COc1nc(N2CCNCC2)c2ncn(CCF)c2n1. The molecule has 0 spiro atoms. The molecule has 2 aromatic rings. The minimum atomic E-state index is -0.458. The molecule has 0 aliphatic carbocycles. The second-order valence-electron chi connectivity index (χ2n) is 4.57. The number of imidazole rings is 1. The molecule has 1 N–H and O–H groups in total. The topological polar surface area (TPSA) is 68.1 Å². The van der Waals surface area contributed by atoms with E-state index in [2.05, 4.69) is 25.2 Å². The lowest BCUT2D eigenvalue weighted by Crippen LogP contribution is -2.44. The highest BCUT2D eigenvalue weighted by molar-refractivity contribution is 5.84. The summed E-state index contributed by atoms with van der Waals surface area (Å²) in [5.41, 5.74) is 1.31. The third kappa shape index (κ3) is 2.26. The van der Waals surface area contributed by atoms with Crippen molar-refractivity contribution < 1.29 is 9.13 Å². The minimum Gasteiger partial charge on any atom is -0.467 e. The molecule has 0 unspecified atom stereocenters. The molecule has 3 rings (SSSR count). The van der Waals surface area contributed by atoms with Crippen molar-refractivity contribution >= 4 is 17.0 Å². The van der Waals surface area contributed by atoms with Crippen LogP contribution in [-0.2, 0) is 6.54 Å². The van der Waals surface area contributed by atoms with Gasteiger partial charge in [-0.25, -0.2) is 9.37 Å². The molecule has 0 saturated carbocycles. The van der Waals surface area contributed by atoms with Gasteiger partial charge in [0.05, 0.1) is 20.0 Å². The smallest absolute Gasteiger partial charge is 0.320 e. The molecular formula is C12H17FN6O. The summed E-state index contributed by atoms with van der Waals surface area (Å²) in [5.74, 6) is 0.756. The zero-order valence-corrected chi connectivity index (χ0v) is 11.3. The van der Waals surface area contributed by atoms with E-state index >= 15 is 0 Å². The number of alkyl halides is 1. The number of aromatic nitrogens is 4. The highest BCUT2D eigenvalue weighted by Gasteiger charge is 2.20. The maximum atomic E-state index is 12.6. The number of fused-ring (bicyclic) bond motifs is 1. The number of anilines is 1. The maximum absolute atomic E-state index is 12.6. The van der Waals surface area contributed by atoms with Gasteiger partial charge in [0.25, 0.3) is 0 Å².